The number of aryl methyl sites for hydroxylation is 1. The maximum atomic E-state index is 13.3. The summed E-state index contributed by atoms with van der Waals surface area (Å²) in [4.78, 5) is 76.8. The molecular weight excluding hydrogens is 1170 g/mol. The van der Waals surface area contributed by atoms with Gasteiger partial charge in [-0.05, 0) is 139 Å². The van der Waals surface area contributed by atoms with E-state index in [1.165, 1.54) is 11.1 Å². The van der Waals surface area contributed by atoms with Crippen LogP contribution in [0.25, 0.3) is 11.1 Å². The van der Waals surface area contributed by atoms with Gasteiger partial charge in [0.25, 0.3) is 0 Å². The number of esters is 1. The summed E-state index contributed by atoms with van der Waals surface area (Å²) in [6, 6.07) is 23.1. The first-order chi connectivity index (χ1) is 43.8. The molecule has 22 heteroatoms. The molecule has 4 rings (SSSR count). The number of rotatable bonds is 49. The average Bonchev–Trinajstić information content (AvgIpc) is 1.63. The van der Waals surface area contributed by atoms with E-state index in [1.807, 2.05) is 36.4 Å². The summed E-state index contributed by atoms with van der Waals surface area (Å²) in [5.41, 5.74) is 5.65. The van der Waals surface area contributed by atoms with Gasteiger partial charge < -0.3 is 78.7 Å². The van der Waals surface area contributed by atoms with Crippen LogP contribution >= 0.6 is 0 Å². The van der Waals surface area contributed by atoms with Crippen molar-refractivity contribution in [1.29, 1.82) is 0 Å². The monoisotopic (exact) mass is 1280 g/mol. The van der Waals surface area contributed by atoms with Crippen molar-refractivity contribution in [2.45, 2.75) is 155 Å². The van der Waals surface area contributed by atoms with Gasteiger partial charge in [-0.3, -0.25) is 14.4 Å². The molecule has 0 fully saturated rings. The van der Waals surface area contributed by atoms with Crippen molar-refractivity contribution in [3.63, 3.8) is 0 Å². The highest BCUT2D eigenvalue weighted by Gasteiger charge is 2.31. The summed E-state index contributed by atoms with van der Waals surface area (Å²) in [7, 11) is 0. The first-order valence-corrected chi connectivity index (χ1v) is 32.6. The fraction of sp³-hybridized carbons (Fsp3) is 0.652. The number of hydrogen-bond donors (Lipinski definition) is 5. The number of hydrogen-bond acceptors (Lipinski definition) is 17. The standard InChI is InChI=1S/C69H107N5O17/c1-52(2)50-54-28-26-53(27-29-54)18-17-25-62(75)70-31-15-14-24-61(65(78)90-68(3,4)5)73-63(76)30-34-81-36-38-83-40-42-85-44-46-87-48-49-88-47-45-86-43-41-84-39-37-82-35-33-71-64(77)60(23-13-16-32-72-66(79)91-69(6,7)8)74-67(80)89-51-59-57-21-11-9-19-55(57)56-20-10-12-22-58(56)59/h9-12,19-22,26-29,52,59-61H,13-18,23-25,30-51H2,1-8H3,(H,70,75)(H,71,77)(H,72,79)(H,73,76)(H,74,80). The van der Waals surface area contributed by atoms with Crippen molar-refractivity contribution in [3.05, 3.63) is 95.1 Å². The summed E-state index contributed by atoms with van der Waals surface area (Å²) in [6.07, 6.45) is 5.09. The van der Waals surface area contributed by atoms with E-state index in [1.54, 1.807) is 41.5 Å². The van der Waals surface area contributed by atoms with Crippen molar-refractivity contribution < 1.29 is 80.9 Å². The Morgan fingerprint density at radius 3 is 1.41 bits per heavy atom. The van der Waals surface area contributed by atoms with Crippen LogP contribution in [0.15, 0.2) is 72.8 Å². The third kappa shape index (κ3) is 36.0. The van der Waals surface area contributed by atoms with E-state index in [2.05, 4.69) is 76.8 Å². The Morgan fingerprint density at radius 1 is 0.440 bits per heavy atom. The molecule has 1 aliphatic rings. The van der Waals surface area contributed by atoms with Crippen LogP contribution in [0.3, 0.4) is 0 Å². The normalized spacial score (nSPS) is 12.8. The summed E-state index contributed by atoms with van der Waals surface area (Å²) in [5, 5.41) is 14.1. The molecular formula is C69H107N5O17. The molecule has 0 spiro atoms. The molecule has 510 valence electrons. The van der Waals surface area contributed by atoms with Crippen LogP contribution in [0.4, 0.5) is 9.59 Å². The first-order valence-electron chi connectivity index (χ1n) is 32.6. The summed E-state index contributed by atoms with van der Waals surface area (Å²) < 4.78 is 61.3. The van der Waals surface area contributed by atoms with Gasteiger partial charge >= 0.3 is 18.2 Å². The number of carbonyl (C=O) groups is 6. The Morgan fingerprint density at radius 2 is 0.901 bits per heavy atom. The van der Waals surface area contributed by atoms with E-state index in [-0.39, 0.29) is 56.4 Å². The molecule has 22 nitrogen and oxygen atoms in total. The molecule has 2 atom stereocenters. The Balaban J connectivity index is 0.918. The van der Waals surface area contributed by atoms with E-state index in [0.717, 1.165) is 41.5 Å². The van der Waals surface area contributed by atoms with Gasteiger partial charge in [0.05, 0.1) is 106 Å². The fourth-order valence-corrected chi connectivity index (χ4v) is 9.65. The van der Waals surface area contributed by atoms with Gasteiger partial charge in [-0.2, -0.15) is 0 Å². The maximum absolute atomic E-state index is 13.3. The summed E-state index contributed by atoms with van der Waals surface area (Å²) >= 11 is 0. The molecule has 2 unspecified atom stereocenters. The van der Waals surface area contributed by atoms with E-state index in [0.29, 0.717) is 156 Å². The van der Waals surface area contributed by atoms with Crippen molar-refractivity contribution in [3.8, 4) is 11.1 Å². The number of fused-ring (bicyclic) bond motifs is 3. The Kier molecular flexibility index (Phi) is 38.3. The lowest BCUT2D eigenvalue weighted by atomic mass is 9.98. The van der Waals surface area contributed by atoms with Gasteiger partial charge in [0.15, 0.2) is 0 Å². The first kappa shape index (κ1) is 77.2. The second kappa shape index (κ2) is 45.1. The third-order valence-corrected chi connectivity index (χ3v) is 14.0. The van der Waals surface area contributed by atoms with Gasteiger partial charge in [-0.1, -0.05) is 86.6 Å². The van der Waals surface area contributed by atoms with Crippen molar-refractivity contribution >= 4 is 35.9 Å². The fourth-order valence-electron chi connectivity index (χ4n) is 9.65. The lowest BCUT2D eigenvalue weighted by Crippen LogP contribution is -2.47. The Labute approximate surface area is 540 Å². The second-order valence-corrected chi connectivity index (χ2v) is 24.7. The molecule has 0 radical (unpaired) electrons. The van der Waals surface area contributed by atoms with E-state index in [9.17, 15) is 28.8 Å². The van der Waals surface area contributed by atoms with Crippen LogP contribution in [0.5, 0.6) is 0 Å². The van der Waals surface area contributed by atoms with E-state index >= 15 is 0 Å². The van der Waals surface area contributed by atoms with Gasteiger partial charge in [0, 0.05) is 38.4 Å². The number of nitrogens with one attached hydrogen (secondary N) is 5. The molecule has 3 aromatic rings. The highest BCUT2D eigenvalue weighted by molar-refractivity contribution is 5.86. The molecule has 0 saturated heterocycles. The third-order valence-electron chi connectivity index (χ3n) is 14.0. The lowest BCUT2D eigenvalue weighted by Gasteiger charge is -2.24. The smallest absolute Gasteiger partial charge is 0.407 e. The molecule has 5 amide bonds. The predicted molar refractivity (Wildman–Crippen MR) is 347 cm³/mol. The maximum Gasteiger partial charge on any atom is 0.407 e. The lowest BCUT2D eigenvalue weighted by molar-refractivity contribution is -0.159. The van der Waals surface area contributed by atoms with Gasteiger partial charge in [-0.15, -0.1) is 0 Å². The minimum Gasteiger partial charge on any atom is -0.458 e. The second-order valence-electron chi connectivity index (χ2n) is 24.7. The number of ether oxygens (including phenoxy) is 11. The van der Waals surface area contributed by atoms with Crippen LogP contribution in [0.2, 0.25) is 0 Å². The largest absolute Gasteiger partial charge is 0.458 e. The molecule has 3 aromatic carbocycles. The van der Waals surface area contributed by atoms with Crippen LogP contribution in [0.1, 0.15) is 141 Å². The Bertz CT molecular complexity index is 2490. The highest BCUT2D eigenvalue weighted by atomic mass is 16.6. The van der Waals surface area contributed by atoms with Crippen LogP contribution in [0, 0.1) is 5.92 Å². The van der Waals surface area contributed by atoms with E-state index < -0.39 is 41.4 Å². The number of unbranched alkanes of at least 4 members (excludes halogenated alkanes) is 2. The minimum atomic E-state index is -0.869. The average molecular weight is 1280 g/mol. The molecule has 91 heavy (non-hydrogen) atoms. The highest BCUT2D eigenvalue weighted by Crippen LogP contribution is 2.44. The minimum absolute atomic E-state index is 0.00680. The molecule has 0 aromatic heterocycles. The van der Waals surface area contributed by atoms with Gasteiger partial charge in [0.1, 0.15) is 29.9 Å². The zero-order valence-electron chi connectivity index (χ0n) is 55.6. The zero-order valence-corrected chi connectivity index (χ0v) is 55.6. The van der Waals surface area contributed by atoms with Gasteiger partial charge in [-0.25, -0.2) is 14.4 Å². The summed E-state index contributed by atoms with van der Waals surface area (Å²) in [5.74, 6) is -0.680. The number of alkyl carbamates (subject to hydrolysis) is 2. The van der Waals surface area contributed by atoms with Crippen LogP contribution < -0.4 is 26.6 Å². The van der Waals surface area contributed by atoms with Crippen LogP contribution in [-0.2, 0) is 84.1 Å². The number of benzene rings is 3. The van der Waals surface area contributed by atoms with Crippen molar-refractivity contribution in [1.82, 2.24) is 26.6 Å². The molecule has 1 aliphatic carbocycles. The molecule has 0 saturated carbocycles. The Hall–Kier alpha value is -6.24. The van der Waals surface area contributed by atoms with Crippen LogP contribution in [-0.4, -0.2) is 191 Å². The molecule has 0 bridgehead atoms. The SMILES string of the molecule is CC(C)Cc1ccc(CCCC(=O)NCCCCC(NC(=O)CCOCCOCCOCCOCCOCCOCCOCCOCCNC(=O)C(CCCCNC(=O)OC(C)(C)C)NC(=O)OCC2c3ccccc3-c3ccccc32)C(=O)OC(C)(C)C)cc1. The molecule has 0 heterocycles. The predicted octanol–water partition coefficient (Wildman–Crippen LogP) is 8.56. The van der Waals surface area contributed by atoms with Crippen molar-refractivity contribution in [2.75, 3.05) is 132 Å². The van der Waals surface area contributed by atoms with Gasteiger partial charge in [0.2, 0.25) is 17.7 Å². The molecule has 5 N–H and O–H groups in total. The topological polar surface area (TPSA) is 264 Å². The van der Waals surface area contributed by atoms with Crippen molar-refractivity contribution in [2.24, 2.45) is 5.92 Å². The summed E-state index contributed by atoms with van der Waals surface area (Å²) in [6.45, 7) is 22.0. The van der Waals surface area contributed by atoms with E-state index in [4.69, 9.17) is 52.1 Å². The zero-order chi connectivity index (χ0) is 66.0. The molecule has 0 aliphatic heterocycles. The quantitative estimate of drug-likeness (QED) is 0.0201. The number of carbonyl (C=O) groups excluding carboxylic acids is 6. The number of amides is 5.